The highest BCUT2D eigenvalue weighted by molar-refractivity contribution is 5.96. The highest BCUT2D eigenvalue weighted by atomic mass is 16.4. The number of carboxylic acid groups (broad SMARTS) is 3. The molecule has 0 aromatic heterocycles. The number of likely N-dealkylation sites (tertiary alicyclic amines) is 1. The van der Waals surface area contributed by atoms with Gasteiger partial charge in [-0.05, 0) is 30.7 Å². The van der Waals surface area contributed by atoms with Crippen molar-refractivity contribution in [2.24, 2.45) is 11.7 Å². The minimum absolute atomic E-state index is 0.0289. The molecule has 2 rings (SSSR count). The number of nitrogens with one attached hydrogen (secondary N) is 4. The second-order valence-electron chi connectivity index (χ2n) is 11.5. The van der Waals surface area contributed by atoms with E-state index in [4.69, 9.17) is 15.9 Å². The molecule has 1 aliphatic rings. The van der Waals surface area contributed by atoms with E-state index in [1.807, 2.05) is 0 Å². The lowest BCUT2D eigenvalue weighted by Crippen LogP contribution is -2.57. The molecule has 0 aliphatic carbocycles. The second-order valence-corrected chi connectivity index (χ2v) is 11.5. The smallest absolute Gasteiger partial charge is 0.326 e. The predicted molar refractivity (Wildman–Crippen MR) is 163 cm³/mol. The molecule has 1 heterocycles. The fourth-order valence-corrected chi connectivity index (χ4v) is 4.91. The Morgan fingerprint density at radius 2 is 1.53 bits per heavy atom. The lowest BCUT2D eigenvalue weighted by atomic mass is 10.0. The summed E-state index contributed by atoms with van der Waals surface area (Å²) in [7, 11) is 0. The first-order valence-corrected chi connectivity index (χ1v) is 15.0. The third-order valence-corrected chi connectivity index (χ3v) is 7.44. The first kappa shape index (κ1) is 38.1. The summed E-state index contributed by atoms with van der Waals surface area (Å²) in [5.41, 5.74) is 6.22. The summed E-state index contributed by atoms with van der Waals surface area (Å²) in [5, 5.41) is 37.0. The number of carbonyl (C=O) groups is 8. The van der Waals surface area contributed by atoms with Crippen molar-refractivity contribution in [1.29, 1.82) is 0 Å². The molecule has 1 aliphatic heterocycles. The van der Waals surface area contributed by atoms with Crippen molar-refractivity contribution in [1.82, 2.24) is 26.2 Å². The molecule has 0 bridgehead atoms. The Labute approximate surface area is 270 Å². The van der Waals surface area contributed by atoms with Crippen molar-refractivity contribution < 1.29 is 53.7 Å². The highest BCUT2D eigenvalue weighted by Crippen LogP contribution is 2.18. The number of nitrogens with zero attached hydrogens (tertiary/aromatic N) is 1. The van der Waals surface area contributed by atoms with Crippen molar-refractivity contribution in [2.45, 2.75) is 82.6 Å². The molecule has 9 N–H and O–H groups in total. The van der Waals surface area contributed by atoms with Crippen molar-refractivity contribution >= 4 is 47.4 Å². The number of rotatable bonds is 18. The second kappa shape index (κ2) is 18.2. The average molecular weight is 663 g/mol. The molecule has 5 amide bonds. The molecule has 0 spiro atoms. The van der Waals surface area contributed by atoms with E-state index in [1.54, 1.807) is 44.2 Å². The normalized spacial score (nSPS) is 16.7. The van der Waals surface area contributed by atoms with Gasteiger partial charge >= 0.3 is 17.9 Å². The molecule has 0 saturated carbocycles. The van der Waals surface area contributed by atoms with Crippen LogP contribution < -0.4 is 27.0 Å². The lowest BCUT2D eigenvalue weighted by molar-refractivity contribution is -0.144. The van der Waals surface area contributed by atoms with Crippen LogP contribution >= 0.6 is 0 Å². The molecule has 1 aromatic carbocycles. The molecule has 5 atom stereocenters. The van der Waals surface area contributed by atoms with Gasteiger partial charge in [0, 0.05) is 19.4 Å². The third-order valence-electron chi connectivity index (χ3n) is 7.44. The highest BCUT2D eigenvalue weighted by Gasteiger charge is 2.37. The molecule has 17 nitrogen and oxygen atoms in total. The van der Waals surface area contributed by atoms with Gasteiger partial charge in [0.15, 0.2) is 0 Å². The van der Waals surface area contributed by atoms with E-state index in [2.05, 4.69) is 21.3 Å². The van der Waals surface area contributed by atoms with Gasteiger partial charge in [0.25, 0.3) is 0 Å². The number of carbonyl (C=O) groups excluding carboxylic acids is 5. The zero-order valence-electron chi connectivity index (χ0n) is 26.1. The molecule has 1 aromatic rings. The molecule has 0 radical (unpaired) electrons. The fraction of sp³-hybridized carbons (Fsp3) is 0.533. The minimum atomic E-state index is -1.52. The molecule has 47 heavy (non-hydrogen) atoms. The number of hydrogen-bond donors (Lipinski definition) is 8. The van der Waals surface area contributed by atoms with Crippen LogP contribution in [0.4, 0.5) is 0 Å². The topological polar surface area (TPSA) is 275 Å². The van der Waals surface area contributed by atoms with E-state index < -0.39 is 103 Å². The molecular formula is C30H42N6O11. The van der Waals surface area contributed by atoms with Gasteiger partial charge in [-0.1, -0.05) is 44.2 Å². The Morgan fingerprint density at radius 3 is 2.11 bits per heavy atom. The van der Waals surface area contributed by atoms with E-state index in [9.17, 15) is 43.5 Å². The Bertz CT molecular complexity index is 1320. The summed E-state index contributed by atoms with van der Waals surface area (Å²) >= 11 is 0. The summed E-state index contributed by atoms with van der Waals surface area (Å²) in [6, 6.07) is 2.26. The number of nitrogens with two attached hydrogens (primary N) is 1. The number of hydrogen-bond acceptors (Lipinski definition) is 9. The van der Waals surface area contributed by atoms with Gasteiger partial charge in [0.1, 0.15) is 24.2 Å². The Morgan fingerprint density at radius 1 is 0.872 bits per heavy atom. The maximum Gasteiger partial charge on any atom is 0.326 e. The minimum Gasteiger partial charge on any atom is -0.481 e. The molecule has 1 fully saturated rings. The van der Waals surface area contributed by atoms with Gasteiger partial charge in [0.05, 0.1) is 19.0 Å². The van der Waals surface area contributed by atoms with E-state index in [0.717, 1.165) is 0 Å². The lowest BCUT2D eigenvalue weighted by Gasteiger charge is -2.28. The summed E-state index contributed by atoms with van der Waals surface area (Å²) in [6.45, 7) is 2.90. The van der Waals surface area contributed by atoms with Gasteiger partial charge < -0.3 is 47.2 Å². The predicted octanol–water partition coefficient (Wildman–Crippen LogP) is -1.80. The summed E-state index contributed by atoms with van der Waals surface area (Å²) < 4.78 is 0. The van der Waals surface area contributed by atoms with Gasteiger partial charge in [0.2, 0.25) is 29.5 Å². The zero-order chi connectivity index (χ0) is 35.3. The number of carboxylic acids is 3. The van der Waals surface area contributed by atoms with E-state index in [-0.39, 0.29) is 25.8 Å². The monoisotopic (exact) mass is 662 g/mol. The van der Waals surface area contributed by atoms with Crippen LogP contribution in [0.15, 0.2) is 30.3 Å². The summed E-state index contributed by atoms with van der Waals surface area (Å²) in [4.78, 5) is 99.6. The van der Waals surface area contributed by atoms with E-state index in [0.29, 0.717) is 12.0 Å². The number of benzene rings is 1. The van der Waals surface area contributed by atoms with Crippen molar-refractivity contribution in [2.75, 3.05) is 13.1 Å². The largest absolute Gasteiger partial charge is 0.481 e. The van der Waals surface area contributed by atoms with Crippen molar-refractivity contribution in [3.8, 4) is 0 Å². The molecule has 258 valence electrons. The van der Waals surface area contributed by atoms with Crippen molar-refractivity contribution in [3.05, 3.63) is 35.9 Å². The van der Waals surface area contributed by atoms with Crippen LogP contribution in [-0.4, -0.2) is 111 Å². The standard InChI is InChI=1S/C30H42N6O11/c1-16(2)25(35-26(42)18(31)14-24(40)41)29(45)32-15-22(37)36-12-6-9-21(36)28(44)34-20(13-17-7-4-3-5-8-17)27(43)33-19(30(46)47)10-11-23(38)39/h3-5,7-8,16,18-21,25H,6,9-15,31H2,1-2H3,(H,32,45)(H,33,43)(H,34,44)(H,35,42)(H,38,39)(H,40,41)(H,46,47)/t18-,19-,20-,21-,25-/m0/s1. The van der Waals surface area contributed by atoms with E-state index in [1.165, 1.54) is 4.90 Å². The van der Waals surface area contributed by atoms with Crippen molar-refractivity contribution in [3.63, 3.8) is 0 Å². The molecule has 0 unspecified atom stereocenters. The van der Waals surface area contributed by atoms with Gasteiger partial charge in [-0.15, -0.1) is 0 Å². The maximum atomic E-state index is 13.4. The van der Waals surface area contributed by atoms with Crippen LogP contribution in [0.5, 0.6) is 0 Å². The Hall–Kier alpha value is -5.06. The number of amides is 5. The van der Waals surface area contributed by atoms with Crippen LogP contribution in [0, 0.1) is 5.92 Å². The van der Waals surface area contributed by atoms with Crippen LogP contribution in [0.2, 0.25) is 0 Å². The van der Waals surface area contributed by atoms with E-state index >= 15 is 0 Å². The van der Waals surface area contributed by atoms with Gasteiger partial charge in [-0.3, -0.25) is 33.6 Å². The van der Waals surface area contributed by atoms with Crippen LogP contribution in [-0.2, 0) is 44.8 Å². The van der Waals surface area contributed by atoms with Gasteiger partial charge in [-0.25, -0.2) is 4.79 Å². The number of aliphatic carboxylic acids is 3. The van der Waals surface area contributed by atoms with Gasteiger partial charge in [-0.2, -0.15) is 0 Å². The first-order chi connectivity index (χ1) is 22.1. The zero-order valence-corrected chi connectivity index (χ0v) is 26.1. The summed E-state index contributed by atoms with van der Waals surface area (Å²) in [5.74, 6) is -8.16. The third kappa shape index (κ3) is 12.3. The Balaban J connectivity index is 2.11. The maximum absolute atomic E-state index is 13.4. The molecule has 1 saturated heterocycles. The summed E-state index contributed by atoms with van der Waals surface area (Å²) in [6.07, 6.45) is -0.878. The van der Waals surface area contributed by atoms with Crippen LogP contribution in [0.1, 0.15) is 51.5 Å². The first-order valence-electron chi connectivity index (χ1n) is 15.0. The molecule has 17 heteroatoms. The molecular weight excluding hydrogens is 620 g/mol. The average Bonchev–Trinajstić information content (AvgIpc) is 3.50. The Kier molecular flexibility index (Phi) is 14.7. The van der Waals surface area contributed by atoms with Crippen LogP contribution in [0.25, 0.3) is 0 Å². The fourth-order valence-electron chi connectivity index (χ4n) is 4.91. The SMILES string of the molecule is CC(C)[C@H](NC(=O)[C@@H](N)CC(=O)O)C(=O)NCC(=O)N1CCC[C@H]1C(=O)N[C@@H](Cc1ccccc1)C(=O)N[C@@H](CCC(=O)O)C(=O)O. The quantitative estimate of drug-likeness (QED) is 0.0865. The van der Waals surface area contributed by atoms with Crippen LogP contribution in [0.3, 0.4) is 0 Å².